The number of hydrogen-bond donors (Lipinski definition) is 1. The van der Waals surface area contributed by atoms with Gasteiger partial charge in [-0.15, -0.1) is 6.58 Å². The van der Waals surface area contributed by atoms with Crippen LogP contribution < -0.4 is 5.73 Å². The van der Waals surface area contributed by atoms with E-state index in [2.05, 4.69) is 13.5 Å². The van der Waals surface area contributed by atoms with E-state index < -0.39 is 0 Å². The van der Waals surface area contributed by atoms with Crippen LogP contribution in [0.3, 0.4) is 0 Å². The van der Waals surface area contributed by atoms with Crippen molar-refractivity contribution < 1.29 is 4.74 Å². The molecule has 0 radical (unpaired) electrons. The molecular formula is C13H19NO. The highest BCUT2D eigenvalue weighted by molar-refractivity contribution is 5.13. The normalized spacial score (nSPS) is 14.5. The summed E-state index contributed by atoms with van der Waals surface area (Å²) >= 11 is 0. The van der Waals surface area contributed by atoms with Crippen LogP contribution in [0, 0.1) is 0 Å². The predicted octanol–water partition coefficient (Wildman–Crippen LogP) is 2.50. The topological polar surface area (TPSA) is 35.2 Å². The molecule has 82 valence electrons. The van der Waals surface area contributed by atoms with Crippen LogP contribution in [0.1, 0.15) is 18.9 Å². The Balaban J connectivity index is 2.44. The average Bonchev–Trinajstić information content (AvgIpc) is 2.31. The third-order valence-electron chi connectivity index (χ3n) is 2.41. The van der Waals surface area contributed by atoms with Gasteiger partial charge in [-0.3, -0.25) is 0 Å². The van der Waals surface area contributed by atoms with Gasteiger partial charge in [0.25, 0.3) is 0 Å². The van der Waals surface area contributed by atoms with Crippen LogP contribution in [0.25, 0.3) is 0 Å². The van der Waals surface area contributed by atoms with Crippen LogP contribution >= 0.6 is 0 Å². The first-order valence-electron chi connectivity index (χ1n) is 5.31. The van der Waals surface area contributed by atoms with Gasteiger partial charge in [-0.05, 0) is 12.0 Å². The summed E-state index contributed by atoms with van der Waals surface area (Å²) in [6.07, 6.45) is 2.70. The van der Waals surface area contributed by atoms with Crippen LogP contribution in [0.15, 0.2) is 43.0 Å². The number of hydrogen-bond acceptors (Lipinski definition) is 2. The maximum absolute atomic E-state index is 5.85. The van der Waals surface area contributed by atoms with Crippen molar-refractivity contribution in [1.29, 1.82) is 0 Å². The number of ether oxygens (including phenoxy) is 1. The summed E-state index contributed by atoms with van der Waals surface area (Å²) in [6.45, 7) is 6.36. The molecule has 1 aromatic carbocycles. The van der Waals surface area contributed by atoms with Crippen LogP contribution in [-0.2, 0) is 11.3 Å². The average molecular weight is 205 g/mol. The van der Waals surface area contributed by atoms with Crippen LogP contribution in [0.5, 0.6) is 0 Å². The minimum atomic E-state index is -0.0845. The van der Waals surface area contributed by atoms with Crippen molar-refractivity contribution >= 4 is 0 Å². The molecule has 0 saturated heterocycles. The van der Waals surface area contributed by atoms with Gasteiger partial charge in [-0.1, -0.05) is 43.3 Å². The third-order valence-corrected chi connectivity index (χ3v) is 2.41. The van der Waals surface area contributed by atoms with Crippen LogP contribution in [0.4, 0.5) is 0 Å². The fourth-order valence-corrected chi connectivity index (χ4v) is 1.43. The minimum Gasteiger partial charge on any atom is -0.372 e. The highest BCUT2D eigenvalue weighted by Crippen LogP contribution is 2.08. The largest absolute Gasteiger partial charge is 0.372 e. The third kappa shape index (κ3) is 3.86. The molecule has 0 aromatic heterocycles. The van der Waals surface area contributed by atoms with Gasteiger partial charge in [-0.25, -0.2) is 0 Å². The lowest BCUT2D eigenvalue weighted by atomic mass is 10.1. The molecule has 0 saturated carbocycles. The highest BCUT2D eigenvalue weighted by Gasteiger charge is 2.12. The van der Waals surface area contributed by atoms with Gasteiger partial charge in [0.15, 0.2) is 0 Å². The molecule has 0 unspecified atom stereocenters. The number of benzene rings is 1. The summed E-state index contributed by atoms with van der Waals surface area (Å²) in [6, 6.07) is 10.0. The maximum atomic E-state index is 5.85. The first-order valence-corrected chi connectivity index (χ1v) is 5.31. The van der Waals surface area contributed by atoms with Gasteiger partial charge in [0.1, 0.15) is 0 Å². The zero-order valence-corrected chi connectivity index (χ0v) is 9.23. The first kappa shape index (κ1) is 12.0. The molecule has 0 bridgehead atoms. The molecule has 2 nitrogen and oxygen atoms in total. The highest BCUT2D eigenvalue weighted by atomic mass is 16.5. The summed E-state index contributed by atoms with van der Waals surface area (Å²) in [5.41, 5.74) is 7.02. The molecule has 0 spiro atoms. The van der Waals surface area contributed by atoms with Crippen molar-refractivity contribution in [2.24, 2.45) is 5.73 Å². The van der Waals surface area contributed by atoms with E-state index in [4.69, 9.17) is 10.5 Å². The molecule has 15 heavy (non-hydrogen) atoms. The molecule has 1 rings (SSSR count). The minimum absolute atomic E-state index is 0.0581. The van der Waals surface area contributed by atoms with E-state index >= 15 is 0 Å². The smallest absolute Gasteiger partial charge is 0.0763 e. The standard InChI is InChI=1S/C13H19NO/c1-3-12(14)13(4-2)15-10-11-8-6-5-7-9-11/h3,5-9,12-13H,1,4,10,14H2,2H3/t12-,13+/m0/s1. The molecule has 0 amide bonds. The van der Waals surface area contributed by atoms with Crippen molar-refractivity contribution in [2.45, 2.75) is 32.1 Å². The molecule has 0 aliphatic rings. The zero-order chi connectivity index (χ0) is 11.1. The monoisotopic (exact) mass is 205 g/mol. The molecule has 0 aliphatic heterocycles. The summed E-state index contributed by atoms with van der Waals surface area (Å²) in [4.78, 5) is 0. The van der Waals surface area contributed by atoms with Crippen molar-refractivity contribution in [1.82, 2.24) is 0 Å². The van der Waals surface area contributed by atoms with Gasteiger partial charge in [0.05, 0.1) is 12.7 Å². The first-order chi connectivity index (χ1) is 7.27. The molecule has 0 aliphatic carbocycles. The van der Waals surface area contributed by atoms with E-state index in [9.17, 15) is 0 Å². The molecule has 2 atom stereocenters. The van der Waals surface area contributed by atoms with Crippen LogP contribution in [0.2, 0.25) is 0 Å². The predicted molar refractivity (Wildman–Crippen MR) is 63.5 cm³/mol. The second-order valence-corrected chi connectivity index (χ2v) is 3.56. The quantitative estimate of drug-likeness (QED) is 0.724. The Morgan fingerprint density at radius 2 is 2.07 bits per heavy atom. The fraction of sp³-hybridized carbons (Fsp3) is 0.385. The van der Waals surface area contributed by atoms with E-state index in [-0.39, 0.29) is 12.1 Å². The lowest BCUT2D eigenvalue weighted by Gasteiger charge is -2.20. The summed E-state index contributed by atoms with van der Waals surface area (Å²) in [7, 11) is 0. The SMILES string of the molecule is C=C[C@H](N)[C@@H](CC)OCc1ccccc1. The van der Waals surface area contributed by atoms with Crippen molar-refractivity contribution in [2.75, 3.05) is 0 Å². The summed E-state index contributed by atoms with van der Waals surface area (Å²) in [5.74, 6) is 0. The summed E-state index contributed by atoms with van der Waals surface area (Å²) in [5, 5.41) is 0. The number of nitrogens with two attached hydrogens (primary N) is 1. The Labute approximate surface area is 91.7 Å². The Hall–Kier alpha value is -1.12. The summed E-state index contributed by atoms with van der Waals surface area (Å²) < 4.78 is 5.73. The van der Waals surface area contributed by atoms with Gasteiger partial charge >= 0.3 is 0 Å². The molecule has 2 N–H and O–H groups in total. The Morgan fingerprint density at radius 1 is 1.40 bits per heavy atom. The van der Waals surface area contributed by atoms with E-state index in [1.807, 2.05) is 30.3 Å². The van der Waals surface area contributed by atoms with Crippen LogP contribution in [-0.4, -0.2) is 12.1 Å². The zero-order valence-electron chi connectivity index (χ0n) is 9.23. The molecule has 1 aromatic rings. The number of rotatable bonds is 6. The van der Waals surface area contributed by atoms with Gasteiger partial charge < -0.3 is 10.5 Å². The van der Waals surface area contributed by atoms with E-state index in [1.54, 1.807) is 6.08 Å². The molecule has 0 fully saturated rings. The second kappa shape index (κ2) is 6.38. The van der Waals surface area contributed by atoms with Crippen molar-refractivity contribution in [3.63, 3.8) is 0 Å². The molecule has 2 heteroatoms. The second-order valence-electron chi connectivity index (χ2n) is 3.56. The molecular weight excluding hydrogens is 186 g/mol. The van der Waals surface area contributed by atoms with Gasteiger partial charge in [-0.2, -0.15) is 0 Å². The van der Waals surface area contributed by atoms with E-state index in [0.717, 1.165) is 6.42 Å². The Morgan fingerprint density at radius 3 is 2.60 bits per heavy atom. The van der Waals surface area contributed by atoms with E-state index in [0.29, 0.717) is 6.61 Å². The van der Waals surface area contributed by atoms with E-state index in [1.165, 1.54) is 5.56 Å². The maximum Gasteiger partial charge on any atom is 0.0763 e. The lowest BCUT2D eigenvalue weighted by molar-refractivity contribution is 0.0304. The Bertz CT molecular complexity index is 284. The molecule has 0 heterocycles. The lowest BCUT2D eigenvalue weighted by Crippen LogP contribution is -2.34. The van der Waals surface area contributed by atoms with Gasteiger partial charge in [0.2, 0.25) is 0 Å². The van der Waals surface area contributed by atoms with Gasteiger partial charge in [0, 0.05) is 6.04 Å². The van der Waals surface area contributed by atoms with Crippen molar-refractivity contribution in [3.8, 4) is 0 Å². The Kier molecular flexibility index (Phi) is 5.08. The van der Waals surface area contributed by atoms with Crippen molar-refractivity contribution in [3.05, 3.63) is 48.6 Å². The fourth-order valence-electron chi connectivity index (χ4n) is 1.43.